The molecule has 3 aromatic rings. The first kappa shape index (κ1) is 20.9. The Hall–Kier alpha value is -2.85. The molecule has 1 aromatic carbocycles. The second-order valence-corrected chi connectivity index (χ2v) is 8.21. The molecule has 0 unspecified atom stereocenters. The highest BCUT2D eigenvalue weighted by molar-refractivity contribution is 7.89. The maximum absolute atomic E-state index is 13.3. The van der Waals surface area contributed by atoms with Crippen LogP contribution in [0.25, 0.3) is 0 Å². The van der Waals surface area contributed by atoms with E-state index in [0.717, 1.165) is 11.8 Å². The summed E-state index contributed by atoms with van der Waals surface area (Å²) in [5, 5.41) is 3.53. The van der Waals surface area contributed by atoms with E-state index in [2.05, 4.69) is 10.1 Å². The number of aromatic nitrogens is 3. The van der Waals surface area contributed by atoms with Gasteiger partial charge in [-0.3, -0.25) is 4.98 Å². The van der Waals surface area contributed by atoms with Gasteiger partial charge in [-0.2, -0.15) is 18.2 Å². The van der Waals surface area contributed by atoms with Gasteiger partial charge in [0.2, 0.25) is 10.0 Å². The van der Waals surface area contributed by atoms with Crippen LogP contribution in [0.4, 0.5) is 8.78 Å². The maximum atomic E-state index is 13.3. The highest BCUT2D eigenvalue weighted by Crippen LogP contribution is 2.26. The zero-order valence-electron chi connectivity index (χ0n) is 15.9. The lowest BCUT2D eigenvalue weighted by atomic mass is 10.2. The number of benzene rings is 1. The molecule has 0 aliphatic carbocycles. The lowest BCUT2D eigenvalue weighted by molar-refractivity contribution is 0.0541. The number of rotatable bonds is 8. The zero-order chi connectivity index (χ0) is 21.0. The standard InChI is InChI=1S/C19H20F2N4O3S/c1-14-18(11-23-25(14)19(20)21)29(26,27)24(13-16-4-3-9-22-10-16)12-15-5-7-17(28-2)8-6-15/h3-11,19H,12-13H2,1-2H3. The van der Waals surface area contributed by atoms with Crippen LogP contribution in [0.2, 0.25) is 0 Å². The van der Waals surface area contributed by atoms with Gasteiger partial charge in [0.05, 0.1) is 19.0 Å². The van der Waals surface area contributed by atoms with Gasteiger partial charge in [0.1, 0.15) is 10.6 Å². The van der Waals surface area contributed by atoms with E-state index >= 15 is 0 Å². The molecule has 0 amide bonds. The summed E-state index contributed by atoms with van der Waals surface area (Å²) in [6.07, 6.45) is 4.11. The Kier molecular flexibility index (Phi) is 6.23. The minimum absolute atomic E-state index is 0.0293. The molecule has 2 aromatic heterocycles. The summed E-state index contributed by atoms with van der Waals surface area (Å²) in [5.74, 6) is 0.643. The van der Waals surface area contributed by atoms with Crippen molar-refractivity contribution in [3.05, 3.63) is 71.8 Å². The third-order valence-electron chi connectivity index (χ3n) is 4.40. The van der Waals surface area contributed by atoms with Crippen molar-refractivity contribution < 1.29 is 21.9 Å². The van der Waals surface area contributed by atoms with Gasteiger partial charge in [-0.1, -0.05) is 18.2 Å². The van der Waals surface area contributed by atoms with Crippen molar-refractivity contribution in [2.45, 2.75) is 31.5 Å². The third-order valence-corrected chi connectivity index (χ3v) is 6.30. The van der Waals surface area contributed by atoms with Crippen LogP contribution in [0.5, 0.6) is 5.75 Å². The van der Waals surface area contributed by atoms with E-state index in [-0.39, 0.29) is 23.7 Å². The average molecular weight is 422 g/mol. The predicted octanol–water partition coefficient (Wildman–Crippen LogP) is 3.38. The normalized spacial score (nSPS) is 11.9. The molecule has 0 spiro atoms. The van der Waals surface area contributed by atoms with Crippen molar-refractivity contribution in [2.24, 2.45) is 0 Å². The number of hydrogen-bond donors (Lipinski definition) is 0. The molecule has 29 heavy (non-hydrogen) atoms. The monoisotopic (exact) mass is 422 g/mol. The van der Waals surface area contributed by atoms with Crippen molar-refractivity contribution >= 4 is 10.0 Å². The molecule has 0 aliphatic rings. The van der Waals surface area contributed by atoms with Crippen LogP contribution in [0, 0.1) is 6.92 Å². The number of ether oxygens (including phenoxy) is 1. The smallest absolute Gasteiger partial charge is 0.333 e. The fourth-order valence-electron chi connectivity index (χ4n) is 2.85. The van der Waals surface area contributed by atoms with Gasteiger partial charge in [-0.15, -0.1) is 0 Å². The van der Waals surface area contributed by atoms with E-state index < -0.39 is 16.6 Å². The molecule has 154 valence electrons. The number of sulfonamides is 1. The van der Waals surface area contributed by atoms with Crippen molar-refractivity contribution in [1.29, 1.82) is 0 Å². The minimum Gasteiger partial charge on any atom is -0.497 e. The molecular formula is C19H20F2N4O3S. The zero-order valence-corrected chi connectivity index (χ0v) is 16.7. The highest BCUT2D eigenvalue weighted by atomic mass is 32.2. The largest absolute Gasteiger partial charge is 0.497 e. The van der Waals surface area contributed by atoms with Gasteiger partial charge < -0.3 is 4.74 Å². The van der Waals surface area contributed by atoms with Gasteiger partial charge in [0, 0.05) is 25.5 Å². The van der Waals surface area contributed by atoms with E-state index in [9.17, 15) is 17.2 Å². The first-order valence-electron chi connectivity index (χ1n) is 8.67. The van der Waals surface area contributed by atoms with Crippen LogP contribution in [0.1, 0.15) is 23.4 Å². The number of alkyl halides is 2. The number of methoxy groups -OCH3 is 1. The lowest BCUT2D eigenvalue weighted by Crippen LogP contribution is -2.30. The Morgan fingerprint density at radius 2 is 1.79 bits per heavy atom. The van der Waals surface area contributed by atoms with Crippen LogP contribution in [0.15, 0.2) is 59.9 Å². The Morgan fingerprint density at radius 1 is 1.10 bits per heavy atom. The number of nitrogens with zero attached hydrogens (tertiary/aromatic N) is 4. The average Bonchev–Trinajstić information content (AvgIpc) is 3.11. The van der Waals surface area contributed by atoms with Gasteiger partial charge in [0.25, 0.3) is 0 Å². The van der Waals surface area contributed by atoms with Gasteiger partial charge in [-0.25, -0.2) is 13.1 Å². The minimum atomic E-state index is -4.10. The molecule has 3 rings (SSSR count). The number of halogens is 2. The van der Waals surface area contributed by atoms with Gasteiger partial charge in [-0.05, 0) is 36.2 Å². The molecule has 0 saturated carbocycles. The molecule has 0 bridgehead atoms. The maximum Gasteiger partial charge on any atom is 0.333 e. The van der Waals surface area contributed by atoms with Crippen LogP contribution in [-0.4, -0.2) is 34.6 Å². The second kappa shape index (κ2) is 8.66. The Bertz CT molecular complexity index is 1050. The van der Waals surface area contributed by atoms with Crippen LogP contribution in [-0.2, 0) is 23.1 Å². The van der Waals surface area contributed by atoms with E-state index in [1.54, 1.807) is 48.8 Å². The Balaban J connectivity index is 1.98. The van der Waals surface area contributed by atoms with Crippen LogP contribution in [0.3, 0.4) is 0 Å². The Labute approximate surface area is 167 Å². The topological polar surface area (TPSA) is 77.3 Å². The summed E-state index contributed by atoms with van der Waals surface area (Å²) < 4.78 is 59.5. The summed E-state index contributed by atoms with van der Waals surface area (Å²) in [6.45, 7) is -1.55. The fraction of sp³-hybridized carbons (Fsp3) is 0.263. The van der Waals surface area contributed by atoms with Crippen molar-refractivity contribution in [1.82, 2.24) is 19.1 Å². The van der Waals surface area contributed by atoms with E-state index in [0.29, 0.717) is 16.0 Å². The molecule has 0 aliphatic heterocycles. The molecule has 0 N–H and O–H groups in total. The second-order valence-electron chi connectivity index (χ2n) is 6.30. The summed E-state index contributed by atoms with van der Waals surface area (Å²) in [7, 11) is -2.56. The molecule has 0 atom stereocenters. The summed E-state index contributed by atoms with van der Waals surface area (Å²) in [6, 6.07) is 10.4. The Morgan fingerprint density at radius 3 is 2.34 bits per heavy atom. The lowest BCUT2D eigenvalue weighted by Gasteiger charge is -2.22. The molecule has 10 heteroatoms. The predicted molar refractivity (Wildman–Crippen MR) is 102 cm³/mol. The third kappa shape index (κ3) is 4.60. The number of pyridine rings is 1. The highest BCUT2D eigenvalue weighted by Gasteiger charge is 2.30. The van der Waals surface area contributed by atoms with E-state index in [1.165, 1.54) is 18.3 Å². The number of hydrogen-bond acceptors (Lipinski definition) is 5. The SMILES string of the molecule is COc1ccc(CN(Cc2cccnc2)S(=O)(=O)c2cnn(C(F)F)c2C)cc1. The van der Waals surface area contributed by atoms with Crippen LogP contribution < -0.4 is 4.74 Å². The van der Waals surface area contributed by atoms with Crippen molar-refractivity contribution in [3.63, 3.8) is 0 Å². The molecular weight excluding hydrogens is 402 g/mol. The van der Waals surface area contributed by atoms with Crippen LogP contribution >= 0.6 is 0 Å². The van der Waals surface area contributed by atoms with Crippen molar-refractivity contribution in [3.8, 4) is 5.75 Å². The molecule has 0 radical (unpaired) electrons. The molecule has 0 saturated heterocycles. The fourth-order valence-corrected chi connectivity index (χ4v) is 4.42. The van der Waals surface area contributed by atoms with E-state index in [1.807, 2.05) is 0 Å². The van der Waals surface area contributed by atoms with Gasteiger partial charge >= 0.3 is 6.55 Å². The molecule has 0 fully saturated rings. The molecule has 2 heterocycles. The quantitative estimate of drug-likeness (QED) is 0.556. The first-order chi connectivity index (χ1) is 13.8. The summed E-state index contributed by atoms with van der Waals surface area (Å²) >= 11 is 0. The van der Waals surface area contributed by atoms with E-state index in [4.69, 9.17) is 4.74 Å². The summed E-state index contributed by atoms with van der Waals surface area (Å²) in [5.41, 5.74) is 1.27. The first-order valence-corrected chi connectivity index (χ1v) is 10.1. The molecule has 7 nitrogen and oxygen atoms in total. The van der Waals surface area contributed by atoms with Gasteiger partial charge in [0.15, 0.2) is 0 Å². The van der Waals surface area contributed by atoms with Crippen molar-refractivity contribution in [2.75, 3.05) is 7.11 Å². The summed E-state index contributed by atoms with van der Waals surface area (Å²) in [4.78, 5) is 3.76.